The number of carbonyl (C=O) groups excluding carboxylic acids is 2. The molecule has 2 aliphatic heterocycles. The SMILES string of the molecule is O=C1NCC(C(=O)N2CCC(O)CC2)O1. The topological polar surface area (TPSA) is 78.9 Å². The van der Waals surface area contributed by atoms with Crippen LogP contribution in [0.25, 0.3) is 0 Å². The molecule has 2 fully saturated rings. The summed E-state index contributed by atoms with van der Waals surface area (Å²) in [4.78, 5) is 24.2. The third-order valence-electron chi connectivity index (χ3n) is 2.73. The summed E-state index contributed by atoms with van der Waals surface area (Å²) in [6.45, 7) is 1.32. The van der Waals surface area contributed by atoms with E-state index in [1.54, 1.807) is 4.90 Å². The molecule has 0 radical (unpaired) electrons. The van der Waals surface area contributed by atoms with Crippen molar-refractivity contribution in [2.24, 2.45) is 0 Å². The fourth-order valence-corrected chi connectivity index (χ4v) is 1.82. The monoisotopic (exact) mass is 214 g/mol. The molecule has 0 bridgehead atoms. The number of carbonyl (C=O) groups is 2. The summed E-state index contributed by atoms with van der Waals surface area (Å²) < 4.78 is 4.80. The molecule has 0 aliphatic carbocycles. The first-order valence-corrected chi connectivity index (χ1v) is 5.08. The molecule has 0 aromatic carbocycles. The third-order valence-corrected chi connectivity index (χ3v) is 2.73. The normalized spacial score (nSPS) is 27.4. The van der Waals surface area contributed by atoms with Gasteiger partial charge in [0, 0.05) is 13.1 Å². The first kappa shape index (κ1) is 10.2. The van der Waals surface area contributed by atoms with Crippen molar-refractivity contribution in [1.82, 2.24) is 10.2 Å². The molecule has 0 saturated carbocycles. The number of hydrogen-bond donors (Lipinski definition) is 2. The van der Waals surface area contributed by atoms with Gasteiger partial charge < -0.3 is 20.1 Å². The van der Waals surface area contributed by atoms with Crippen molar-refractivity contribution < 1.29 is 19.4 Å². The number of aliphatic hydroxyl groups excluding tert-OH is 1. The van der Waals surface area contributed by atoms with Gasteiger partial charge >= 0.3 is 6.09 Å². The molecule has 1 unspecified atom stereocenters. The average molecular weight is 214 g/mol. The summed E-state index contributed by atoms with van der Waals surface area (Å²) in [5.41, 5.74) is 0. The first-order chi connectivity index (χ1) is 7.16. The number of ether oxygens (including phenoxy) is 1. The molecule has 0 aromatic heterocycles. The maximum Gasteiger partial charge on any atom is 0.408 e. The Balaban J connectivity index is 1.88. The van der Waals surface area contributed by atoms with Gasteiger partial charge in [0.05, 0.1) is 12.6 Å². The highest BCUT2D eigenvalue weighted by Crippen LogP contribution is 2.13. The van der Waals surface area contributed by atoms with E-state index < -0.39 is 12.2 Å². The van der Waals surface area contributed by atoms with Crippen molar-refractivity contribution in [1.29, 1.82) is 0 Å². The van der Waals surface area contributed by atoms with Crippen LogP contribution in [-0.2, 0) is 9.53 Å². The highest BCUT2D eigenvalue weighted by atomic mass is 16.6. The Morgan fingerprint density at radius 2 is 2.13 bits per heavy atom. The van der Waals surface area contributed by atoms with Crippen LogP contribution < -0.4 is 5.32 Å². The summed E-state index contributed by atoms with van der Waals surface area (Å²) in [5, 5.41) is 11.7. The van der Waals surface area contributed by atoms with Crippen molar-refractivity contribution >= 4 is 12.0 Å². The maximum absolute atomic E-state index is 11.8. The largest absolute Gasteiger partial charge is 0.434 e. The van der Waals surface area contributed by atoms with Gasteiger partial charge in [0.1, 0.15) is 0 Å². The second kappa shape index (κ2) is 4.06. The van der Waals surface area contributed by atoms with Crippen LogP contribution in [-0.4, -0.2) is 53.8 Å². The van der Waals surface area contributed by atoms with Crippen molar-refractivity contribution in [3.63, 3.8) is 0 Å². The van der Waals surface area contributed by atoms with E-state index in [9.17, 15) is 14.7 Å². The number of likely N-dealkylation sites (tertiary alicyclic amines) is 1. The number of cyclic esters (lactones) is 1. The zero-order valence-electron chi connectivity index (χ0n) is 8.31. The molecule has 2 N–H and O–H groups in total. The van der Waals surface area contributed by atoms with Gasteiger partial charge in [-0.25, -0.2) is 4.79 Å². The molecule has 2 rings (SSSR count). The van der Waals surface area contributed by atoms with E-state index in [1.807, 2.05) is 0 Å². The predicted molar refractivity (Wildman–Crippen MR) is 50.1 cm³/mol. The molecule has 2 aliphatic rings. The van der Waals surface area contributed by atoms with Crippen LogP contribution in [0.5, 0.6) is 0 Å². The van der Waals surface area contributed by atoms with Gasteiger partial charge in [-0.05, 0) is 12.8 Å². The van der Waals surface area contributed by atoms with E-state index >= 15 is 0 Å². The van der Waals surface area contributed by atoms with Gasteiger partial charge in [0.15, 0.2) is 6.10 Å². The number of rotatable bonds is 1. The zero-order valence-corrected chi connectivity index (χ0v) is 8.31. The second-order valence-corrected chi connectivity index (χ2v) is 3.83. The number of nitrogens with zero attached hydrogens (tertiary/aromatic N) is 1. The van der Waals surface area contributed by atoms with Crippen molar-refractivity contribution in [3.8, 4) is 0 Å². The van der Waals surface area contributed by atoms with Gasteiger partial charge in [0.25, 0.3) is 5.91 Å². The molecule has 1 atom stereocenters. The summed E-state index contributed by atoms with van der Waals surface area (Å²) in [7, 11) is 0. The molecule has 15 heavy (non-hydrogen) atoms. The standard InChI is InChI=1S/C9H14N2O4/c12-6-1-3-11(4-2-6)8(13)7-5-10-9(14)15-7/h6-7,12H,1-5H2,(H,10,14). The summed E-state index contributed by atoms with van der Waals surface area (Å²) >= 11 is 0. The van der Waals surface area contributed by atoms with Crippen molar-refractivity contribution in [2.45, 2.75) is 25.0 Å². The smallest absolute Gasteiger partial charge is 0.408 e. The minimum atomic E-state index is -0.687. The van der Waals surface area contributed by atoms with E-state index in [1.165, 1.54) is 0 Å². The van der Waals surface area contributed by atoms with Gasteiger partial charge in [-0.3, -0.25) is 4.79 Å². The Morgan fingerprint density at radius 1 is 1.47 bits per heavy atom. The minimum absolute atomic E-state index is 0.166. The Hall–Kier alpha value is -1.30. The molecule has 0 spiro atoms. The van der Waals surface area contributed by atoms with Gasteiger partial charge in [0.2, 0.25) is 0 Å². The Kier molecular flexibility index (Phi) is 2.77. The summed E-state index contributed by atoms with van der Waals surface area (Å²) in [5.74, 6) is -0.166. The quantitative estimate of drug-likeness (QED) is 0.591. The number of alkyl carbamates (subject to hydrolysis) is 1. The second-order valence-electron chi connectivity index (χ2n) is 3.83. The summed E-state index contributed by atoms with van der Waals surface area (Å²) in [6.07, 6.45) is -0.337. The van der Waals surface area contributed by atoms with Gasteiger partial charge in [-0.15, -0.1) is 0 Å². The van der Waals surface area contributed by atoms with Crippen LogP contribution in [0.3, 0.4) is 0 Å². The Bertz CT molecular complexity index is 273. The maximum atomic E-state index is 11.8. The minimum Gasteiger partial charge on any atom is -0.434 e. The van der Waals surface area contributed by atoms with E-state index in [-0.39, 0.29) is 18.6 Å². The lowest BCUT2D eigenvalue weighted by atomic mass is 10.1. The lowest BCUT2D eigenvalue weighted by Gasteiger charge is -2.30. The highest BCUT2D eigenvalue weighted by Gasteiger charge is 2.34. The van der Waals surface area contributed by atoms with Crippen LogP contribution in [0.15, 0.2) is 0 Å². The van der Waals surface area contributed by atoms with Crippen LogP contribution in [0, 0.1) is 0 Å². The fraction of sp³-hybridized carbons (Fsp3) is 0.778. The molecule has 84 valence electrons. The zero-order chi connectivity index (χ0) is 10.8. The highest BCUT2D eigenvalue weighted by molar-refractivity contribution is 5.86. The molecule has 6 heteroatoms. The van der Waals surface area contributed by atoms with Crippen LogP contribution >= 0.6 is 0 Å². The summed E-state index contributed by atoms with van der Waals surface area (Å²) in [6, 6.07) is 0. The van der Waals surface area contributed by atoms with Crippen LogP contribution in [0.1, 0.15) is 12.8 Å². The van der Waals surface area contributed by atoms with E-state index in [0.29, 0.717) is 25.9 Å². The third kappa shape index (κ3) is 2.20. The molecule has 2 heterocycles. The average Bonchev–Trinajstić information content (AvgIpc) is 2.65. The molecular formula is C9H14N2O4. The predicted octanol–water partition coefficient (Wildman–Crippen LogP) is -0.922. The first-order valence-electron chi connectivity index (χ1n) is 5.08. The molecule has 2 amide bonds. The van der Waals surface area contributed by atoms with E-state index in [0.717, 1.165) is 0 Å². The Morgan fingerprint density at radius 3 is 2.67 bits per heavy atom. The van der Waals surface area contributed by atoms with E-state index in [4.69, 9.17) is 4.74 Å². The molecule has 0 aromatic rings. The van der Waals surface area contributed by atoms with Gasteiger partial charge in [-0.2, -0.15) is 0 Å². The lowest BCUT2D eigenvalue weighted by Crippen LogP contribution is -2.46. The number of piperidine rings is 1. The molecular weight excluding hydrogens is 200 g/mol. The molecule has 2 saturated heterocycles. The number of hydrogen-bond acceptors (Lipinski definition) is 4. The lowest BCUT2D eigenvalue weighted by molar-refractivity contribution is -0.140. The van der Waals surface area contributed by atoms with Crippen molar-refractivity contribution in [3.05, 3.63) is 0 Å². The van der Waals surface area contributed by atoms with Crippen LogP contribution in [0.2, 0.25) is 0 Å². The number of amides is 2. The number of aliphatic hydroxyl groups is 1. The molecule has 6 nitrogen and oxygen atoms in total. The van der Waals surface area contributed by atoms with Crippen molar-refractivity contribution in [2.75, 3.05) is 19.6 Å². The number of nitrogens with one attached hydrogen (secondary N) is 1. The Labute approximate surface area is 87.2 Å². The van der Waals surface area contributed by atoms with Crippen LogP contribution in [0.4, 0.5) is 4.79 Å². The van der Waals surface area contributed by atoms with E-state index in [2.05, 4.69) is 5.32 Å². The fourth-order valence-electron chi connectivity index (χ4n) is 1.82. The van der Waals surface area contributed by atoms with Gasteiger partial charge in [-0.1, -0.05) is 0 Å².